The molecule has 1 fully saturated rings. The van der Waals surface area contributed by atoms with Gasteiger partial charge in [-0.1, -0.05) is 75.8 Å². The summed E-state index contributed by atoms with van der Waals surface area (Å²) < 4.78 is 5.96. The van der Waals surface area contributed by atoms with Crippen molar-refractivity contribution in [3.63, 3.8) is 0 Å². The van der Waals surface area contributed by atoms with E-state index in [9.17, 15) is 9.90 Å². The Kier molecular flexibility index (Phi) is 10.1. The fraction of sp³-hybridized carbons (Fsp3) is 0.696. The van der Waals surface area contributed by atoms with Crippen LogP contribution in [0.2, 0.25) is 0 Å². The Morgan fingerprint density at radius 3 is 2.50 bits per heavy atom. The number of carbonyl (C=O) groups excluding carboxylic acids is 1. The Hall–Kier alpha value is -1.27. The van der Waals surface area contributed by atoms with Crippen LogP contribution in [0.25, 0.3) is 0 Å². The van der Waals surface area contributed by atoms with Crippen molar-refractivity contribution in [3.05, 3.63) is 35.9 Å². The Morgan fingerprint density at radius 1 is 1.21 bits per heavy atom. The van der Waals surface area contributed by atoms with Gasteiger partial charge in [0.15, 0.2) is 0 Å². The molecule has 3 atom stereocenters. The minimum absolute atomic E-state index is 0.0385. The number of carbonyl (C=O) groups is 1. The van der Waals surface area contributed by atoms with Gasteiger partial charge >= 0.3 is 0 Å². The van der Waals surface area contributed by atoms with Gasteiger partial charge in [-0.05, 0) is 12.0 Å². The van der Waals surface area contributed by atoms with Crippen molar-refractivity contribution < 1.29 is 14.6 Å². The first-order valence-electron chi connectivity index (χ1n) is 10.9. The molecule has 0 radical (unpaired) electrons. The highest BCUT2D eigenvalue weighted by molar-refractivity contribution is 5.83. The number of morpholine rings is 1. The molecule has 2 rings (SSSR count). The largest absolute Gasteiger partial charge is 0.396 e. The summed E-state index contributed by atoms with van der Waals surface area (Å²) in [5.74, 6) is -0.628. The zero-order chi connectivity index (χ0) is 20.2. The van der Waals surface area contributed by atoms with Crippen LogP contribution in [0.4, 0.5) is 0 Å². The van der Waals surface area contributed by atoms with Gasteiger partial charge in [-0.2, -0.15) is 0 Å². The van der Waals surface area contributed by atoms with Gasteiger partial charge < -0.3 is 20.9 Å². The number of nitrogens with two attached hydrogens (primary N) is 1. The van der Waals surface area contributed by atoms with E-state index in [1.54, 1.807) is 0 Å². The van der Waals surface area contributed by atoms with Crippen molar-refractivity contribution in [2.24, 2.45) is 11.7 Å². The molecule has 1 aromatic rings. The number of hydrogen-bond donors (Lipinski definition) is 3. The molecule has 4 N–H and O–H groups in total. The number of Topliss-reactive ketones (excluding diaryl/α,β-unsaturated/α-hetero) is 1. The third kappa shape index (κ3) is 6.11. The molecule has 0 bridgehead atoms. The molecule has 0 saturated carbocycles. The van der Waals surface area contributed by atoms with E-state index in [0.717, 1.165) is 24.9 Å². The highest BCUT2D eigenvalue weighted by Crippen LogP contribution is 2.34. The maximum atomic E-state index is 13.1. The number of hydrogen-bond acceptors (Lipinski definition) is 5. The molecule has 1 aromatic carbocycles. The predicted molar refractivity (Wildman–Crippen MR) is 113 cm³/mol. The first-order chi connectivity index (χ1) is 13.6. The monoisotopic (exact) mass is 390 g/mol. The van der Waals surface area contributed by atoms with Gasteiger partial charge in [-0.15, -0.1) is 0 Å². The van der Waals surface area contributed by atoms with Crippen LogP contribution in [0, 0.1) is 5.92 Å². The lowest BCUT2D eigenvalue weighted by Crippen LogP contribution is -2.62. The lowest BCUT2D eigenvalue weighted by molar-refractivity contribution is -0.132. The van der Waals surface area contributed by atoms with Crippen LogP contribution in [0.15, 0.2) is 30.3 Å². The quantitative estimate of drug-likeness (QED) is 0.451. The normalized spacial score (nSPS) is 20.5. The fourth-order valence-corrected chi connectivity index (χ4v) is 4.16. The number of benzene rings is 1. The predicted octanol–water partition coefficient (Wildman–Crippen LogP) is 3.15. The minimum atomic E-state index is -1.04. The van der Waals surface area contributed by atoms with Gasteiger partial charge in [-0.25, -0.2) is 0 Å². The van der Waals surface area contributed by atoms with Crippen LogP contribution < -0.4 is 11.1 Å². The minimum Gasteiger partial charge on any atom is -0.396 e. The number of ketones is 1. The van der Waals surface area contributed by atoms with E-state index in [1.807, 2.05) is 30.3 Å². The molecule has 1 heterocycles. The molecule has 5 heteroatoms. The molecule has 1 saturated heterocycles. The summed E-state index contributed by atoms with van der Waals surface area (Å²) in [5, 5.41) is 13.5. The van der Waals surface area contributed by atoms with Gasteiger partial charge in [0.1, 0.15) is 5.78 Å². The number of aliphatic hydroxyl groups is 1. The Balaban J connectivity index is 2.04. The van der Waals surface area contributed by atoms with Crippen LogP contribution in [-0.2, 0) is 15.1 Å². The van der Waals surface area contributed by atoms with E-state index in [2.05, 4.69) is 12.2 Å². The van der Waals surface area contributed by atoms with Crippen LogP contribution >= 0.6 is 0 Å². The van der Waals surface area contributed by atoms with Gasteiger partial charge in [0.2, 0.25) is 0 Å². The number of ether oxygens (including phenoxy) is 1. The Morgan fingerprint density at radius 2 is 1.89 bits per heavy atom. The summed E-state index contributed by atoms with van der Waals surface area (Å²) in [6, 6.07) is 9.63. The van der Waals surface area contributed by atoms with Crippen molar-refractivity contribution in [1.29, 1.82) is 0 Å². The molecule has 28 heavy (non-hydrogen) atoms. The molecule has 0 spiro atoms. The van der Waals surface area contributed by atoms with Crippen LogP contribution in [0.1, 0.15) is 63.9 Å². The lowest BCUT2D eigenvalue weighted by Gasteiger charge is -2.44. The van der Waals surface area contributed by atoms with Gasteiger partial charge in [-0.3, -0.25) is 4.79 Å². The molecule has 1 aliphatic heterocycles. The van der Waals surface area contributed by atoms with Gasteiger partial charge in [0.25, 0.3) is 0 Å². The smallest absolute Gasteiger partial charge is 0.140 e. The molecule has 0 aliphatic carbocycles. The molecule has 1 aliphatic rings. The highest BCUT2D eigenvalue weighted by Gasteiger charge is 2.47. The molecule has 0 amide bonds. The van der Waals surface area contributed by atoms with E-state index in [-0.39, 0.29) is 18.5 Å². The number of nitrogens with one attached hydrogen (secondary N) is 1. The lowest BCUT2D eigenvalue weighted by atomic mass is 9.72. The van der Waals surface area contributed by atoms with Gasteiger partial charge in [0.05, 0.1) is 30.8 Å². The van der Waals surface area contributed by atoms with Crippen molar-refractivity contribution in [1.82, 2.24) is 5.32 Å². The van der Waals surface area contributed by atoms with Crippen molar-refractivity contribution in [2.75, 3.05) is 26.3 Å². The second kappa shape index (κ2) is 12.3. The number of rotatable bonds is 13. The first-order valence-corrected chi connectivity index (χ1v) is 10.9. The molecule has 5 nitrogen and oxygen atoms in total. The fourth-order valence-electron chi connectivity index (χ4n) is 4.16. The highest BCUT2D eigenvalue weighted by atomic mass is 16.5. The molecule has 0 aromatic heterocycles. The van der Waals surface area contributed by atoms with E-state index in [0.29, 0.717) is 19.6 Å². The van der Waals surface area contributed by atoms with Crippen molar-refractivity contribution >= 4 is 5.78 Å². The van der Waals surface area contributed by atoms with E-state index < -0.39 is 11.5 Å². The van der Waals surface area contributed by atoms with Crippen molar-refractivity contribution in [3.8, 4) is 0 Å². The third-order valence-electron chi connectivity index (χ3n) is 5.91. The average molecular weight is 391 g/mol. The number of unbranched alkanes of at least 4 members (excludes halogenated alkanes) is 6. The first kappa shape index (κ1) is 23.0. The molecular weight excluding hydrogens is 352 g/mol. The summed E-state index contributed by atoms with van der Waals surface area (Å²) in [6.45, 7) is 3.86. The summed E-state index contributed by atoms with van der Waals surface area (Å²) in [5.41, 5.74) is 6.69. The van der Waals surface area contributed by atoms with E-state index in [1.165, 1.54) is 32.1 Å². The zero-order valence-corrected chi connectivity index (χ0v) is 17.4. The molecule has 158 valence electrons. The molecular formula is C23H38N2O3. The van der Waals surface area contributed by atoms with E-state index >= 15 is 0 Å². The summed E-state index contributed by atoms with van der Waals surface area (Å²) in [7, 11) is 0. The second-order valence-corrected chi connectivity index (χ2v) is 7.94. The summed E-state index contributed by atoms with van der Waals surface area (Å²) >= 11 is 0. The second-order valence-electron chi connectivity index (χ2n) is 7.94. The maximum absolute atomic E-state index is 13.1. The SMILES string of the molecule is CCCCCCCCCC(=O)C(CO)C(N)(c1ccccc1)C1CNCCO1. The van der Waals surface area contributed by atoms with Gasteiger partial charge in [0, 0.05) is 19.5 Å². The van der Waals surface area contributed by atoms with Crippen molar-refractivity contribution in [2.45, 2.75) is 69.9 Å². The maximum Gasteiger partial charge on any atom is 0.140 e. The average Bonchev–Trinajstić information content (AvgIpc) is 2.74. The van der Waals surface area contributed by atoms with Crippen LogP contribution in [0.3, 0.4) is 0 Å². The zero-order valence-electron chi connectivity index (χ0n) is 17.4. The Labute approximate surface area is 170 Å². The molecule has 3 unspecified atom stereocenters. The topological polar surface area (TPSA) is 84.6 Å². The third-order valence-corrected chi connectivity index (χ3v) is 5.91. The van der Waals surface area contributed by atoms with Crippen LogP contribution in [0.5, 0.6) is 0 Å². The van der Waals surface area contributed by atoms with Crippen LogP contribution in [-0.4, -0.2) is 43.3 Å². The summed E-state index contributed by atoms with van der Waals surface area (Å²) in [4.78, 5) is 13.1. The standard InChI is InChI=1S/C23H38N2O3/c1-2-3-4-5-6-7-11-14-21(27)20(18-26)23(24,19-12-9-8-10-13-19)22-17-25-15-16-28-22/h8-10,12-13,20,22,25-26H,2-7,11,14-18,24H2,1H3. The summed E-state index contributed by atoms with van der Waals surface area (Å²) in [6.07, 6.45) is 8.23. The Bertz CT molecular complexity index is 560. The van der Waals surface area contributed by atoms with E-state index in [4.69, 9.17) is 10.5 Å². The number of aliphatic hydroxyl groups excluding tert-OH is 1.